The molecule has 0 bridgehead atoms. The zero-order valence-corrected chi connectivity index (χ0v) is 13.8. The molecule has 0 saturated carbocycles. The lowest BCUT2D eigenvalue weighted by Gasteiger charge is -2.08. The number of benzene rings is 1. The minimum atomic E-state index is -0.458. The predicted octanol–water partition coefficient (Wildman–Crippen LogP) is 3.02. The second-order valence-electron chi connectivity index (χ2n) is 5.38. The van der Waals surface area contributed by atoms with Gasteiger partial charge >= 0.3 is 5.97 Å². The van der Waals surface area contributed by atoms with E-state index in [1.165, 1.54) is 14.2 Å². The van der Waals surface area contributed by atoms with Crippen LogP contribution < -0.4 is 9.47 Å². The summed E-state index contributed by atoms with van der Waals surface area (Å²) in [4.78, 5) is 16.7. The van der Waals surface area contributed by atoms with E-state index in [2.05, 4.69) is 4.98 Å². The van der Waals surface area contributed by atoms with Crippen molar-refractivity contribution in [2.45, 2.75) is 13.5 Å². The van der Waals surface area contributed by atoms with E-state index in [0.29, 0.717) is 22.8 Å². The molecule has 0 amide bonds. The summed E-state index contributed by atoms with van der Waals surface area (Å²) in [5, 5.41) is 0. The van der Waals surface area contributed by atoms with E-state index in [9.17, 15) is 4.79 Å². The average Bonchev–Trinajstić information content (AvgIpc) is 3.01. The minimum absolute atomic E-state index is 0.0963. The summed E-state index contributed by atoms with van der Waals surface area (Å²) in [7, 11) is 3.06. The van der Waals surface area contributed by atoms with Crippen molar-refractivity contribution in [1.29, 1.82) is 0 Å². The number of aromatic nitrogens is 2. The van der Waals surface area contributed by atoms with Gasteiger partial charge in [-0.1, -0.05) is 6.07 Å². The number of methoxy groups -OCH3 is 2. The van der Waals surface area contributed by atoms with Gasteiger partial charge in [0.1, 0.15) is 23.8 Å². The van der Waals surface area contributed by atoms with E-state index < -0.39 is 5.97 Å². The fourth-order valence-electron chi connectivity index (χ4n) is 2.37. The molecule has 6 nitrogen and oxygen atoms in total. The Labute approximate surface area is 139 Å². The van der Waals surface area contributed by atoms with Crippen LogP contribution in [-0.2, 0) is 11.3 Å². The minimum Gasteiger partial charge on any atom is -0.497 e. The number of rotatable bonds is 5. The van der Waals surface area contributed by atoms with E-state index in [0.717, 1.165) is 11.2 Å². The van der Waals surface area contributed by atoms with Crippen LogP contribution in [0.4, 0.5) is 0 Å². The number of pyridine rings is 1. The van der Waals surface area contributed by atoms with Gasteiger partial charge in [-0.25, -0.2) is 9.78 Å². The van der Waals surface area contributed by atoms with Crippen molar-refractivity contribution in [2.24, 2.45) is 0 Å². The second-order valence-corrected chi connectivity index (χ2v) is 5.38. The normalized spacial score (nSPS) is 10.6. The summed E-state index contributed by atoms with van der Waals surface area (Å²) < 4.78 is 17.6. The third kappa shape index (κ3) is 3.32. The molecule has 0 aliphatic carbocycles. The van der Waals surface area contributed by atoms with Crippen LogP contribution in [0, 0.1) is 6.92 Å². The van der Waals surface area contributed by atoms with E-state index in [4.69, 9.17) is 14.2 Å². The van der Waals surface area contributed by atoms with Crippen molar-refractivity contribution in [3.63, 3.8) is 0 Å². The van der Waals surface area contributed by atoms with Crippen molar-refractivity contribution < 1.29 is 19.0 Å². The number of esters is 1. The highest BCUT2D eigenvalue weighted by atomic mass is 16.5. The highest BCUT2D eigenvalue weighted by molar-refractivity contribution is 5.90. The van der Waals surface area contributed by atoms with Crippen LogP contribution in [-0.4, -0.2) is 29.6 Å². The molecule has 1 aromatic carbocycles. The zero-order chi connectivity index (χ0) is 17.1. The Morgan fingerprint density at radius 1 is 1.08 bits per heavy atom. The molecule has 2 heterocycles. The molecule has 2 aromatic heterocycles. The number of carbonyl (C=O) groups is 1. The molecule has 24 heavy (non-hydrogen) atoms. The highest BCUT2D eigenvalue weighted by Gasteiger charge is 2.12. The lowest BCUT2D eigenvalue weighted by atomic mass is 10.2. The Hall–Kier alpha value is -3.02. The first kappa shape index (κ1) is 15.9. The van der Waals surface area contributed by atoms with E-state index >= 15 is 0 Å². The monoisotopic (exact) mass is 326 g/mol. The van der Waals surface area contributed by atoms with E-state index in [1.807, 2.05) is 35.9 Å². The Morgan fingerprint density at radius 3 is 2.46 bits per heavy atom. The summed E-state index contributed by atoms with van der Waals surface area (Å²) in [5.74, 6) is 0.606. The largest absolute Gasteiger partial charge is 0.497 e. The van der Waals surface area contributed by atoms with Crippen molar-refractivity contribution in [3.05, 3.63) is 59.5 Å². The zero-order valence-electron chi connectivity index (χ0n) is 13.8. The van der Waals surface area contributed by atoms with Gasteiger partial charge < -0.3 is 18.6 Å². The summed E-state index contributed by atoms with van der Waals surface area (Å²) in [6.45, 7) is 2.11. The van der Waals surface area contributed by atoms with Crippen molar-refractivity contribution >= 4 is 11.6 Å². The number of imidazole rings is 1. The number of hydrogen-bond donors (Lipinski definition) is 0. The molecule has 124 valence electrons. The number of aryl methyl sites for hydroxylation is 1. The van der Waals surface area contributed by atoms with Gasteiger partial charge in [0, 0.05) is 18.5 Å². The summed E-state index contributed by atoms with van der Waals surface area (Å²) in [6.07, 6.45) is 3.82. The first-order chi connectivity index (χ1) is 11.6. The van der Waals surface area contributed by atoms with Crippen LogP contribution in [0.5, 0.6) is 11.5 Å². The predicted molar refractivity (Wildman–Crippen MR) is 88.6 cm³/mol. The Bertz CT molecular complexity index is 864. The summed E-state index contributed by atoms with van der Waals surface area (Å²) >= 11 is 0. The lowest BCUT2D eigenvalue weighted by Crippen LogP contribution is -2.06. The third-order valence-electron chi connectivity index (χ3n) is 3.59. The number of nitrogens with zero attached hydrogens (tertiary/aromatic N) is 2. The molecular weight excluding hydrogens is 308 g/mol. The summed E-state index contributed by atoms with van der Waals surface area (Å²) in [6, 6.07) is 8.82. The highest BCUT2D eigenvalue weighted by Crippen LogP contribution is 2.23. The maximum Gasteiger partial charge on any atom is 0.338 e. The molecule has 0 saturated heterocycles. The molecular formula is C18H18N2O4. The molecule has 0 fully saturated rings. The molecule has 0 unspecified atom stereocenters. The maximum absolute atomic E-state index is 12.3. The molecule has 0 spiro atoms. The SMILES string of the molecule is COc1cc(OC)cc(C(=O)OCc2cn3cc(C)ccc3n2)c1. The third-order valence-corrected chi connectivity index (χ3v) is 3.59. The molecule has 0 atom stereocenters. The number of hydrogen-bond acceptors (Lipinski definition) is 5. The van der Waals surface area contributed by atoms with Crippen LogP contribution in [0.2, 0.25) is 0 Å². The Balaban J connectivity index is 1.74. The topological polar surface area (TPSA) is 62.1 Å². The number of fused-ring (bicyclic) bond motifs is 1. The Kier molecular flexibility index (Phi) is 4.37. The van der Waals surface area contributed by atoms with Crippen LogP contribution in [0.25, 0.3) is 5.65 Å². The fourth-order valence-corrected chi connectivity index (χ4v) is 2.37. The van der Waals surface area contributed by atoms with Crippen molar-refractivity contribution in [1.82, 2.24) is 9.38 Å². The Morgan fingerprint density at radius 2 is 1.79 bits per heavy atom. The summed E-state index contributed by atoms with van der Waals surface area (Å²) in [5.41, 5.74) is 3.00. The van der Waals surface area contributed by atoms with Gasteiger partial charge in [0.15, 0.2) is 0 Å². The molecule has 0 aliphatic heterocycles. The first-order valence-corrected chi connectivity index (χ1v) is 7.43. The molecule has 0 N–H and O–H groups in total. The standard InChI is InChI=1S/C18H18N2O4/c1-12-4-5-17-19-14(10-20(17)9-12)11-24-18(21)13-6-15(22-2)8-16(7-13)23-3/h4-10H,11H2,1-3H3. The van der Waals surface area contributed by atoms with Crippen molar-refractivity contribution in [2.75, 3.05) is 14.2 Å². The van der Waals surface area contributed by atoms with Gasteiger partial charge in [-0.05, 0) is 30.7 Å². The molecule has 0 aliphatic rings. The van der Waals surface area contributed by atoms with E-state index in [-0.39, 0.29) is 6.61 Å². The van der Waals surface area contributed by atoms with Gasteiger partial charge in [0.2, 0.25) is 0 Å². The van der Waals surface area contributed by atoms with E-state index in [1.54, 1.807) is 18.2 Å². The van der Waals surface area contributed by atoms with Gasteiger partial charge in [0.25, 0.3) is 0 Å². The van der Waals surface area contributed by atoms with Crippen LogP contribution in [0.15, 0.2) is 42.7 Å². The van der Waals surface area contributed by atoms with Crippen LogP contribution >= 0.6 is 0 Å². The van der Waals surface area contributed by atoms with Crippen LogP contribution in [0.1, 0.15) is 21.6 Å². The average molecular weight is 326 g/mol. The van der Waals surface area contributed by atoms with Gasteiger partial charge in [-0.2, -0.15) is 0 Å². The van der Waals surface area contributed by atoms with Gasteiger partial charge in [0.05, 0.1) is 25.5 Å². The molecule has 0 radical (unpaired) electrons. The number of ether oxygens (including phenoxy) is 3. The second kappa shape index (κ2) is 6.62. The fraction of sp³-hybridized carbons (Fsp3) is 0.222. The van der Waals surface area contributed by atoms with Crippen molar-refractivity contribution in [3.8, 4) is 11.5 Å². The molecule has 3 rings (SSSR count). The molecule has 6 heteroatoms. The van der Waals surface area contributed by atoms with Gasteiger partial charge in [-0.15, -0.1) is 0 Å². The number of carbonyl (C=O) groups excluding carboxylic acids is 1. The maximum atomic E-state index is 12.3. The lowest BCUT2D eigenvalue weighted by molar-refractivity contribution is 0.0467. The quantitative estimate of drug-likeness (QED) is 0.675. The van der Waals surface area contributed by atoms with Crippen LogP contribution in [0.3, 0.4) is 0 Å². The smallest absolute Gasteiger partial charge is 0.338 e. The molecule has 3 aromatic rings. The first-order valence-electron chi connectivity index (χ1n) is 7.43. The van der Waals surface area contributed by atoms with Gasteiger partial charge in [-0.3, -0.25) is 0 Å².